The van der Waals surface area contributed by atoms with Crippen LogP contribution in [0.4, 0.5) is 20.8 Å². The number of nitrogens with one attached hydrogen (secondary N) is 1. The van der Waals surface area contributed by atoms with Crippen molar-refractivity contribution in [2.24, 2.45) is 0 Å². The molecule has 0 spiro atoms. The standard InChI is InChI=1S/C18H19FN4OS/c1-2-6-22-7-8-23(16-10-14(19)3-4-15(16)22)12-17(24)21-18-13(11-20)5-9-25-18/h3-5,9-10H,2,6-8,12H2,1H3,(H,21,24). The number of carbonyl (C=O) groups excluding carboxylic acids is 1. The number of hydrogen-bond acceptors (Lipinski definition) is 5. The normalized spacial score (nSPS) is 13.3. The van der Waals surface area contributed by atoms with Gasteiger partial charge in [0, 0.05) is 19.6 Å². The molecule has 0 bridgehead atoms. The highest BCUT2D eigenvalue weighted by Gasteiger charge is 2.24. The fourth-order valence-electron chi connectivity index (χ4n) is 3.00. The molecule has 2 aromatic rings. The van der Waals surface area contributed by atoms with E-state index >= 15 is 0 Å². The Balaban J connectivity index is 1.77. The first kappa shape index (κ1) is 17.2. The van der Waals surface area contributed by atoms with Crippen LogP contribution in [0, 0.1) is 17.1 Å². The summed E-state index contributed by atoms with van der Waals surface area (Å²) in [4.78, 5) is 16.5. The maximum Gasteiger partial charge on any atom is 0.244 e. The number of halogens is 1. The smallest absolute Gasteiger partial charge is 0.244 e. The number of amides is 1. The number of nitriles is 1. The molecule has 5 nitrogen and oxygen atoms in total. The van der Waals surface area contributed by atoms with Crippen molar-refractivity contribution >= 4 is 33.6 Å². The van der Waals surface area contributed by atoms with E-state index in [4.69, 9.17) is 5.26 Å². The Hall–Kier alpha value is -2.59. The highest BCUT2D eigenvalue weighted by Crippen LogP contribution is 2.33. The molecule has 1 aliphatic heterocycles. The number of fused-ring (bicyclic) bond motifs is 1. The Morgan fingerprint density at radius 2 is 2.12 bits per heavy atom. The van der Waals surface area contributed by atoms with Gasteiger partial charge in [-0.15, -0.1) is 11.3 Å². The van der Waals surface area contributed by atoms with Gasteiger partial charge in [-0.2, -0.15) is 5.26 Å². The van der Waals surface area contributed by atoms with Crippen LogP contribution >= 0.6 is 11.3 Å². The van der Waals surface area contributed by atoms with Gasteiger partial charge in [0.1, 0.15) is 16.9 Å². The molecule has 0 aliphatic carbocycles. The average Bonchev–Trinajstić information content (AvgIpc) is 3.04. The maximum absolute atomic E-state index is 13.7. The van der Waals surface area contributed by atoms with Crippen molar-refractivity contribution in [1.82, 2.24) is 0 Å². The van der Waals surface area contributed by atoms with Gasteiger partial charge >= 0.3 is 0 Å². The number of nitrogens with zero attached hydrogens (tertiary/aromatic N) is 3. The molecule has 2 heterocycles. The van der Waals surface area contributed by atoms with Crippen LogP contribution in [0.1, 0.15) is 18.9 Å². The molecular weight excluding hydrogens is 339 g/mol. The first-order valence-corrected chi connectivity index (χ1v) is 9.07. The van der Waals surface area contributed by atoms with Crippen LogP contribution < -0.4 is 15.1 Å². The van der Waals surface area contributed by atoms with Gasteiger partial charge in [-0.05, 0) is 36.1 Å². The minimum absolute atomic E-state index is 0.124. The summed E-state index contributed by atoms with van der Waals surface area (Å²) < 4.78 is 13.7. The Kier molecular flexibility index (Phi) is 5.19. The van der Waals surface area contributed by atoms with Crippen molar-refractivity contribution in [2.45, 2.75) is 13.3 Å². The van der Waals surface area contributed by atoms with Gasteiger partial charge in [0.15, 0.2) is 0 Å². The van der Waals surface area contributed by atoms with Gasteiger partial charge in [-0.25, -0.2) is 4.39 Å². The molecule has 0 atom stereocenters. The summed E-state index contributed by atoms with van der Waals surface area (Å²) in [7, 11) is 0. The average molecular weight is 358 g/mol. The molecule has 0 radical (unpaired) electrons. The molecule has 0 unspecified atom stereocenters. The maximum atomic E-state index is 13.7. The summed E-state index contributed by atoms with van der Waals surface area (Å²) >= 11 is 1.32. The van der Waals surface area contributed by atoms with Crippen LogP contribution in [-0.2, 0) is 4.79 Å². The van der Waals surface area contributed by atoms with Crippen molar-refractivity contribution in [2.75, 3.05) is 41.3 Å². The largest absolute Gasteiger partial charge is 0.368 e. The molecule has 0 fully saturated rings. The van der Waals surface area contributed by atoms with Crippen LogP contribution in [0.3, 0.4) is 0 Å². The van der Waals surface area contributed by atoms with Crippen LogP contribution in [0.5, 0.6) is 0 Å². The van der Waals surface area contributed by atoms with E-state index in [1.165, 1.54) is 23.5 Å². The van der Waals surface area contributed by atoms with Crippen molar-refractivity contribution in [1.29, 1.82) is 5.26 Å². The first-order chi connectivity index (χ1) is 12.1. The van der Waals surface area contributed by atoms with E-state index < -0.39 is 0 Å². The third-order valence-electron chi connectivity index (χ3n) is 4.13. The van der Waals surface area contributed by atoms with Crippen molar-refractivity contribution in [3.05, 3.63) is 41.0 Å². The van der Waals surface area contributed by atoms with Crippen LogP contribution in [0.2, 0.25) is 0 Å². The zero-order valence-electron chi connectivity index (χ0n) is 14.0. The molecular formula is C18H19FN4OS. The second-order valence-electron chi connectivity index (χ2n) is 5.87. The van der Waals surface area contributed by atoms with Gasteiger partial charge in [-0.3, -0.25) is 4.79 Å². The predicted octanol–water partition coefficient (Wildman–Crippen LogP) is 3.43. The van der Waals surface area contributed by atoms with E-state index in [0.717, 1.165) is 30.9 Å². The Morgan fingerprint density at radius 1 is 1.32 bits per heavy atom. The second kappa shape index (κ2) is 7.53. The summed E-state index contributed by atoms with van der Waals surface area (Å²) in [5.74, 6) is -0.523. The zero-order valence-corrected chi connectivity index (χ0v) is 14.8. The fourth-order valence-corrected chi connectivity index (χ4v) is 3.75. The monoisotopic (exact) mass is 358 g/mol. The summed E-state index contributed by atoms with van der Waals surface area (Å²) in [6, 6.07) is 8.44. The molecule has 0 saturated carbocycles. The molecule has 1 amide bonds. The van der Waals surface area contributed by atoms with Gasteiger partial charge in [0.25, 0.3) is 0 Å². The van der Waals surface area contributed by atoms with Gasteiger partial charge in [0.05, 0.1) is 23.5 Å². The highest BCUT2D eigenvalue weighted by atomic mass is 32.1. The quantitative estimate of drug-likeness (QED) is 0.890. The molecule has 130 valence electrons. The molecule has 1 N–H and O–H groups in total. The second-order valence-corrected chi connectivity index (χ2v) is 6.78. The van der Waals surface area contributed by atoms with Gasteiger partial charge in [0.2, 0.25) is 5.91 Å². The SMILES string of the molecule is CCCN1CCN(CC(=O)Nc2sccc2C#N)c2cc(F)ccc21. The van der Waals surface area contributed by atoms with Gasteiger partial charge < -0.3 is 15.1 Å². The number of anilines is 3. The fraction of sp³-hybridized carbons (Fsp3) is 0.333. The lowest BCUT2D eigenvalue weighted by atomic mass is 10.1. The van der Waals surface area contributed by atoms with E-state index in [0.29, 0.717) is 17.1 Å². The zero-order chi connectivity index (χ0) is 17.8. The minimum Gasteiger partial charge on any atom is -0.368 e. The van der Waals surface area contributed by atoms with Crippen molar-refractivity contribution in [3.63, 3.8) is 0 Å². The number of benzene rings is 1. The van der Waals surface area contributed by atoms with Crippen molar-refractivity contribution < 1.29 is 9.18 Å². The van der Waals surface area contributed by atoms with E-state index in [2.05, 4.69) is 23.2 Å². The third-order valence-corrected chi connectivity index (χ3v) is 4.96. The molecule has 25 heavy (non-hydrogen) atoms. The summed E-state index contributed by atoms with van der Waals surface area (Å²) in [6.45, 7) is 4.58. The summed E-state index contributed by atoms with van der Waals surface area (Å²) in [5.41, 5.74) is 2.15. The van der Waals surface area contributed by atoms with Crippen molar-refractivity contribution in [3.8, 4) is 6.07 Å². The van der Waals surface area contributed by atoms with Gasteiger partial charge in [-0.1, -0.05) is 6.92 Å². The lowest BCUT2D eigenvalue weighted by Gasteiger charge is -2.38. The molecule has 7 heteroatoms. The first-order valence-electron chi connectivity index (χ1n) is 8.19. The lowest BCUT2D eigenvalue weighted by Crippen LogP contribution is -2.44. The Labute approximate surface area is 150 Å². The summed E-state index contributed by atoms with van der Waals surface area (Å²) in [5, 5.41) is 14.1. The molecule has 3 rings (SSSR count). The highest BCUT2D eigenvalue weighted by molar-refractivity contribution is 7.14. The minimum atomic E-state index is -0.312. The molecule has 0 saturated heterocycles. The lowest BCUT2D eigenvalue weighted by molar-refractivity contribution is -0.115. The summed E-state index contributed by atoms with van der Waals surface area (Å²) in [6.07, 6.45) is 1.01. The van der Waals surface area contributed by atoms with Crippen LogP contribution in [-0.4, -0.2) is 32.1 Å². The van der Waals surface area contributed by atoms with Crippen LogP contribution in [0.15, 0.2) is 29.6 Å². The Morgan fingerprint density at radius 3 is 2.88 bits per heavy atom. The van der Waals surface area contributed by atoms with E-state index in [1.54, 1.807) is 17.5 Å². The number of thiophene rings is 1. The number of hydrogen-bond donors (Lipinski definition) is 1. The predicted molar refractivity (Wildman–Crippen MR) is 98.8 cm³/mol. The van der Waals surface area contributed by atoms with E-state index in [1.807, 2.05) is 4.90 Å². The topological polar surface area (TPSA) is 59.4 Å². The molecule has 1 aliphatic rings. The van der Waals surface area contributed by atoms with E-state index in [9.17, 15) is 9.18 Å². The molecule has 1 aromatic carbocycles. The third kappa shape index (κ3) is 3.74. The number of carbonyl (C=O) groups is 1. The van der Waals surface area contributed by atoms with Crippen LogP contribution in [0.25, 0.3) is 0 Å². The molecule has 1 aromatic heterocycles. The Bertz CT molecular complexity index is 814. The number of rotatable bonds is 5. The van der Waals surface area contributed by atoms with E-state index in [-0.39, 0.29) is 18.3 Å².